The maximum Gasteiger partial charge on any atom is 0.341 e. The van der Waals surface area contributed by atoms with Gasteiger partial charge in [-0.3, -0.25) is 14.5 Å². The van der Waals surface area contributed by atoms with Gasteiger partial charge in [0.15, 0.2) is 0 Å². The molecular formula is C17H21N3O5S. The molecule has 1 N–H and O–H groups in total. The van der Waals surface area contributed by atoms with Crippen LogP contribution >= 0.6 is 11.3 Å². The molecule has 3 rings (SSSR count). The Labute approximate surface area is 155 Å². The lowest BCUT2D eigenvalue weighted by molar-refractivity contribution is -0.129. The van der Waals surface area contributed by atoms with E-state index in [0.717, 1.165) is 47.4 Å². The summed E-state index contributed by atoms with van der Waals surface area (Å²) >= 11 is 1.38. The maximum atomic E-state index is 12.4. The number of thiophene rings is 1. The van der Waals surface area contributed by atoms with E-state index < -0.39 is 23.8 Å². The van der Waals surface area contributed by atoms with Crippen molar-refractivity contribution in [2.24, 2.45) is 0 Å². The fourth-order valence-electron chi connectivity index (χ4n) is 3.28. The van der Waals surface area contributed by atoms with Crippen molar-refractivity contribution in [3.05, 3.63) is 16.0 Å². The first-order valence-corrected chi connectivity index (χ1v) is 9.32. The molecule has 4 amide bonds. The third-order valence-electron chi connectivity index (χ3n) is 4.60. The fourth-order valence-corrected chi connectivity index (χ4v) is 4.58. The van der Waals surface area contributed by atoms with E-state index in [2.05, 4.69) is 5.32 Å². The average molecular weight is 379 g/mol. The number of esters is 1. The highest BCUT2D eigenvalue weighted by Crippen LogP contribution is 2.37. The van der Waals surface area contributed by atoms with Crippen LogP contribution in [0.15, 0.2) is 0 Å². The van der Waals surface area contributed by atoms with E-state index >= 15 is 0 Å². The fraction of sp³-hybridized carbons (Fsp3) is 0.529. The van der Waals surface area contributed by atoms with Gasteiger partial charge in [0.25, 0.3) is 5.91 Å². The summed E-state index contributed by atoms with van der Waals surface area (Å²) in [6.45, 7) is -0.405. The second-order valence-electron chi connectivity index (χ2n) is 6.43. The molecule has 0 bridgehead atoms. The molecule has 2 heterocycles. The predicted molar refractivity (Wildman–Crippen MR) is 95.3 cm³/mol. The van der Waals surface area contributed by atoms with Crippen LogP contribution in [0, 0.1) is 0 Å². The molecule has 140 valence electrons. The van der Waals surface area contributed by atoms with Crippen LogP contribution in [0.1, 0.15) is 40.1 Å². The molecular weight excluding hydrogens is 358 g/mol. The van der Waals surface area contributed by atoms with Crippen molar-refractivity contribution in [2.75, 3.05) is 32.6 Å². The van der Waals surface area contributed by atoms with Crippen molar-refractivity contribution < 1.29 is 23.9 Å². The molecule has 26 heavy (non-hydrogen) atoms. The molecule has 0 atom stereocenters. The molecule has 8 nitrogen and oxygen atoms in total. The topological polar surface area (TPSA) is 96.0 Å². The van der Waals surface area contributed by atoms with Crippen LogP contribution in [0.3, 0.4) is 0 Å². The number of carbonyl (C=O) groups is 4. The summed E-state index contributed by atoms with van der Waals surface area (Å²) in [6, 6.07) is -0.500. The first-order chi connectivity index (χ1) is 12.4. The monoisotopic (exact) mass is 379 g/mol. The van der Waals surface area contributed by atoms with Crippen molar-refractivity contribution >= 4 is 40.2 Å². The highest BCUT2D eigenvalue weighted by molar-refractivity contribution is 7.17. The van der Waals surface area contributed by atoms with E-state index in [1.54, 1.807) is 0 Å². The van der Waals surface area contributed by atoms with E-state index in [-0.39, 0.29) is 13.1 Å². The number of likely N-dealkylation sites (N-methyl/N-ethyl adjacent to an activating group) is 1. The second kappa shape index (κ2) is 7.45. The minimum Gasteiger partial charge on any atom is -0.465 e. The molecule has 1 aromatic heterocycles. The molecule has 1 aliphatic carbocycles. The zero-order chi connectivity index (χ0) is 18.8. The first-order valence-electron chi connectivity index (χ1n) is 8.50. The minimum atomic E-state index is -0.511. The summed E-state index contributed by atoms with van der Waals surface area (Å²) in [6.07, 6.45) is 4.79. The Balaban J connectivity index is 1.81. The van der Waals surface area contributed by atoms with Gasteiger partial charge < -0.3 is 15.0 Å². The Morgan fingerprint density at radius 2 is 1.92 bits per heavy atom. The molecule has 0 spiro atoms. The third-order valence-corrected chi connectivity index (χ3v) is 5.80. The number of nitrogens with zero attached hydrogens (tertiary/aromatic N) is 2. The summed E-state index contributed by atoms with van der Waals surface area (Å²) < 4.78 is 4.90. The number of fused-ring (bicyclic) bond motifs is 1. The van der Waals surface area contributed by atoms with Crippen molar-refractivity contribution in [1.29, 1.82) is 0 Å². The van der Waals surface area contributed by atoms with Gasteiger partial charge in [0.1, 0.15) is 18.1 Å². The molecule has 0 radical (unpaired) electrons. The maximum absolute atomic E-state index is 12.4. The number of nitrogens with one attached hydrogen (secondary N) is 1. The first kappa shape index (κ1) is 18.4. The van der Waals surface area contributed by atoms with Crippen LogP contribution in [0.2, 0.25) is 0 Å². The number of anilines is 1. The third kappa shape index (κ3) is 3.44. The van der Waals surface area contributed by atoms with Gasteiger partial charge in [-0.2, -0.15) is 0 Å². The highest BCUT2D eigenvalue weighted by atomic mass is 32.1. The average Bonchev–Trinajstić information content (AvgIpc) is 2.93. The number of amides is 4. The summed E-state index contributed by atoms with van der Waals surface area (Å²) in [5, 5.41) is 3.13. The van der Waals surface area contributed by atoms with Crippen LogP contribution in [0.4, 0.5) is 9.80 Å². The number of imide groups is 1. The smallest absolute Gasteiger partial charge is 0.341 e. The zero-order valence-electron chi connectivity index (χ0n) is 14.8. The van der Waals surface area contributed by atoms with E-state index in [9.17, 15) is 19.2 Å². The van der Waals surface area contributed by atoms with E-state index in [1.165, 1.54) is 30.4 Å². The normalized spacial score (nSPS) is 17.2. The molecule has 0 saturated carbocycles. The van der Waals surface area contributed by atoms with E-state index in [1.807, 2.05) is 0 Å². The van der Waals surface area contributed by atoms with Gasteiger partial charge in [-0.15, -0.1) is 11.3 Å². The number of hydrogen-bond donors (Lipinski definition) is 1. The van der Waals surface area contributed by atoms with Crippen LogP contribution in [0.25, 0.3) is 0 Å². The van der Waals surface area contributed by atoms with Gasteiger partial charge >= 0.3 is 12.0 Å². The number of urea groups is 1. The number of aryl methyl sites for hydroxylation is 1. The molecule has 1 aromatic rings. The number of hydrogen-bond acceptors (Lipinski definition) is 6. The lowest BCUT2D eigenvalue weighted by Crippen LogP contribution is -2.38. The molecule has 1 fully saturated rings. The predicted octanol–water partition coefficient (Wildman–Crippen LogP) is 1.64. The van der Waals surface area contributed by atoms with Crippen LogP contribution in [-0.2, 0) is 27.2 Å². The standard InChI is InChI=1S/C17H21N3O5S/c1-19-9-13(22)20(17(19)24)8-12(21)18-15-14(16(23)25-2)10-6-4-3-5-7-11(10)26-15/h3-9H2,1-2H3,(H,18,21). The quantitative estimate of drug-likeness (QED) is 0.487. The molecule has 1 aliphatic heterocycles. The Kier molecular flexibility index (Phi) is 5.26. The molecule has 0 aromatic carbocycles. The van der Waals surface area contributed by atoms with Crippen molar-refractivity contribution in [3.8, 4) is 0 Å². The Hall–Kier alpha value is -2.42. The van der Waals surface area contributed by atoms with E-state index in [4.69, 9.17) is 4.74 Å². The van der Waals surface area contributed by atoms with Gasteiger partial charge in [-0.1, -0.05) is 6.42 Å². The highest BCUT2D eigenvalue weighted by Gasteiger charge is 2.35. The van der Waals surface area contributed by atoms with Crippen molar-refractivity contribution in [2.45, 2.75) is 32.1 Å². The van der Waals surface area contributed by atoms with Gasteiger partial charge in [0, 0.05) is 11.9 Å². The lowest BCUT2D eigenvalue weighted by atomic mass is 10.1. The van der Waals surface area contributed by atoms with Crippen molar-refractivity contribution in [3.63, 3.8) is 0 Å². The lowest BCUT2D eigenvalue weighted by Gasteiger charge is -2.14. The second-order valence-corrected chi connectivity index (χ2v) is 7.53. The summed E-state index contributed by atoms with van der Waals surface area (Å²) in [4.78, 5) is 51.6. The number of rotatable bonds is 4. The zero-order valence-corrected chi connectivity index (χ0v) is 15.6. The van der Waals surface area contributed by atoms with Crippen LogP contribution in [-0.4, -0.2) is 60.9 Å². The summed E-state index contributed by atoms with van der Waals surface area (Å²) in [7, 11) is 2.82. The van der Waals surface area contributed by atoms with Gasteiger partial charge in [-0.05, 0) is 31.2 Å². The molecule has 2 aliphatic rings. The minimum absolute atomic E-state index is 0.0349. The largest absolute Gasteiger partial charge is 0.465 e. The number of carbonyl (C=O) groups excluding carboxylic acids is 4. The summed E-state index contributed by atoms with van der Waals surface area (Å²) in [5.41, 5.74) is 1.35. The van der Waals surface area contributed by atoms with Gasteiger partial charge in [0.05, 0.1) is 12.7 Å². The molecule has 9 heteroatoms. The summed E-state index contributed by atoms with van der Waals surface area (Å²) in [5.74, 6) is -1.40. The van der Waals surface area contributed by atoms with Gasteiger partial charge in [-0.25, -0.2) is 9.59 Å². The van der Waals surface area contributed by atoms with Crippen LogP contribution < -0.4 is 5.32 Å². The van der Waals surface area contributed by atoms with Gasteiger partial charge in [0.2, 0.25) is 5.91 Å². The number of methoxy groups -OCH3 is 1. The van der Waals surface area contributed by atoms with E-state index in [0.29, 0.717) is 10.6 Å². The van der Waals surface area contributed by atoms with Crippen molar-refractivity contribution in [1.82, 2.24) is 9.80 Å². The Morgan fingerprint density at radius 3 is 2.58 bits per heavy atom. The Bertz CT molecular complexity index is 773. The number of ether oxygens (including phenoxy) is 1. The van der Waals surface area contributed by atoms with Crippen LogP contribution in [0.5, 0.6) is 0 Å². The molecule has 1 saturated heterocycles. The Morgan fingerprint density at radius 1 is 1.19 bits per heavy atom. The molecule has 0 unspecified atom stereocenters. The SMILES string of the molecule is COC(=O)c1c(NC(=O)CN2C(=O)CN(C)C2=O)sc2c1CCCCC2.